The maximum atomic E-state index is 12.4. The van der Waals surface area contributed by atoms with E-state index in [2.05, 4.69) is 0 Å². The van der Waals surface area contributed by atoms with Crippen LogP contribution in [0.5, 0.6) is 0 Å². The third-order valence-corrected chi connectivity index (χ3v) is 6.13. The number of allylic oxidation sites excluding steroid dienone is 1. The van der Waals surface area contributed by atoms with Crippen LogP contribution in [0.15, 0.2) is 11.6 Å². The van der Waals surface area contributed by atoms with Crippen LogP contribution in [0.1, 0.15) is 46.0 Å². The molecule has 4 nitrogen and oxygen atoms in total. The summed E-state index contributed by atoms with van der Waals surface area (Å²) in [5.74, 6) is -0.634. The molecule has 0 aromatic heterocycles. The fraction of sp³-hybridized carbons (Fsp3) is 0.786. The number of carboxylic acid groups (broad SMARTS) is 1. The third kappa shape index (κ3) is 5.50. The molecule has 0 heterocycles. The normalized spacial score (nSPS) is 21.1. The van der Waals surface area contributed by atoms with Crippen LogP contribution >= 0.6 is 7.37 Å². The summed E-state index contributed by atoms with van der Waals surface area (Å²) in [6, 6.07) is 0. The molecule has 1 aliphatic rings. The average Bonchev–Trinajstić information content (AvgIpc) is 2.39. The van der Waals surface area contributed by atoms with E-state index in [4.69, 9.17) is 4.52 Å². The van der Waals surface area contributed by atoms with Crippen molar-refractivity contribution in [3.8, 4) is 0 Å². The summed E-state index contributed by atoms with van der Waals surface area (Å²) in [7, 11) is -2.83. The highest BCUT2D eigenvalue weighted by atomic mass is 31.2. The van der Waals surface area contributed by atoms with Crippen molar-refractivity contribution in [3.63, 3.8) is 0 Å². The van der Waals surface area contributed by atoms with Crippen molar-refractivity contribution >= 4 is 13.3 Å². The Morgan fingerprint density at radius 3 is 2.42 bits per heavy atom. The molecule has 0 aromatic rings. The van der Waals surface area contributed by atoms with Gasteiger partial charge >= 0.3 is 5.97 Å². The van der Waals surface area contributed by atoms with Gasteiger partial charge in [-0.25, -0.2) is 4.79 Å². The van der Waals surface area contributed by atoms with Gasteiger partial charge in [0.05, 0.1) is 12.8 Å². The van der Waals surface area contributed by atoms with Gasteiger partial charge in [0, 0.05) is 11.7 Å². The smallest absolute Gasteiger partial charge is 0.331 e. The Morgan fingerprint density at radius 1 is 1.32 bits per heavy atom. The summed E-state index contributed by atoms with van der Waals surface area (Å²) in [6.07, 6.45) is 7.90. The number of aliphatic carboxylic acids is 1. The molecule has 5 heteroatoms. The highest BCUT2D eigenvalue weighted by Crippen LogP contribution is 2.48. The summed E-state index contributed by atoms with van der Waals surface area (Å²) in [6.45, 7) is 3.94. The van der Waals surface area contributed by atoms with Crippen LogP contribution in [-0.2, 0) is 13.9 Å². The Morgan fingerprint density at radius 2 is 1.95 bits per heavy atom. The predicted octanol–water partition coefficient (Wildman–Crippen LogP) is 3.91. The largest absolute Gasteiger partial charge is 0.478 e. The monoisotopic (exact) mass is 288 g/mol. The number of carboxylic acids is 1. The van der Waals surface area contributed by atoms with Crippen LogP contribution in [0, 0.1) is 5.92 Å². The second-order valence-electron chi connectivity index (χ2n) is 5.10. The van der Waals surface area contributed by atoms with Crippen LogP contribution in [-0.4, -0.2) is 30.0 Å². The average molecular weight is 288 g/mol. The number of carbonyl (C=O) groups is 1. The molecule has 19 heavy (non-hydrogen) atoms. The van der Waals surface area contributed by atoms with E-state index in [-0.39, 0.29) is 11.7 Å². The van der Waals surface area contributed by atoms with Gasteiger partial charge in [-0.2, -0.15) is 0 Å². The van der Waals surface area contributed by atoms with Crippen molar-refractivity contribution in [2.24, 2.45) is 5.92 Å². The first-order valence-corrected chi connectivity index (χ1v) is 9.17. The first-order chi connectivity index (χ1) is 9.00. The van der Waals surface area contributed by atoms with Gasteiger partial charge in [-0.05, 0) is 25.7 Å². The minimum absolute atomic E-state index is 0.0587. The zero-order valence-corrected chi connectivity index (χ0v) is 12.8. The minimum atomic E-state index is -2.83. The van der Waals surface area contributed by atoms with Gasteiger partial charge in [0.15, 0.2) is 0 Å². The molecule has 1 N–H and O–H groups in total. The summed E-state index contributed by atoms with van der Waals surface area (Å²) in [5.41, 5.74) is 0.269. The van der Waals surface area contributed by atoms with Crippen LogP contribution < -0.4 is 0 Å². The Bertz CT molecular complexity index is 370. The Balaban J connectivity index is 2.79. The molecule has 0 radical (unpaired) electrons. The highest BCUT2D eigenvalue weighted by Gasteiger charge is 2.26. The summed E-state index contributed by atoms with van der Waals surface area (Å²) >= 11 is 0. The molecule has 1 fully saturated rings. The molecule has 1 atom stereocenters. The van der Waals surface area contributed by atoms with E-state index < -0.39 is 13.3 Å². The van der Waals surface area contributed by atoms with Gasteiger partial charge in [-0.15, -0.1) is 0 Å². The standard InChI is InChI=1S/C14H25O4P/c1-3-18-19(17,4-2)11-13(14(15)16)10-12-8-6-5-7-9-12/h10,12H,3-9,11H2,1-2H3,(H,15,16)/b13-10-. The zero-order valence-electron chi connectivity index (χ0n) is 11.9. The molecule has 0 aliphatic heterocycles. The maximum absolute atomic E-state index is 12.4. The molecule has 0 amide bonds. The fourth-order valence-electron chi connectivity index (χ4n) is 2.52. The van der Waals surface area contributed by atoms with Crippen molar-refractivity contribution < 1.29 is 19.0 Å². The molecule has 1 aliphatic carbocycles. The summed E-state index contributed by atoms with van der Waals surface area (Å²) in [5, 5.41) is 9.29. The molecule has 1 unspecified atom stereocenters. The first kappa shape index (κ1) is 16.5. The Labute approximate surface area is 115 Å². The van der Waals surface area contributed by atoms with Crippen LogP contribution in [0.4, 0.5) is 0 Å². The number of hydrogen-bond donors (Lipinski definition) is 1. The van der Waals surface area contributed by atoms with Crippen LogP contribution in [0.2, 0.25) is 0 Å². The van der Waals surface area contributed by atoms with E-state index in [1.807, 2.05) is 6.08 Å². The summed E-state index contributed by atoms with van der Waals surface area (Å²) < 4.78 is 17.7. The van der Waals surface area contributed by atoms with E-state index in [9.17, 15) is 14.5 Å². The highest BCUT2D eigenvalue weighted by molar-refractivity contribution is 7.59. The van der Waals surface area contributed by atoms with E-state index in [1.165, 1.54) is 6.42 Å². The quantitative estimate of drug-likeness (QED) is 0.570. The van der Waals surface area contributed by atoms with Gasteiger partial charge in [0.1, 0.15) is 0 Å². The van der Waals surface area contributed by atoms with Crippen LogP contribution in [0.3, 0.4) is 0 Å². The lowest BCUT2D eigenvalue weighted by Crippen LogP contribution is -2.12. The van der Waals surface area contributed by atoms with E-state index in [0.29, 0.717) is 18.7 Å². The molecule has 0 saturated heterocycles. The lowest BCUT2D eigenvalue weighted by Gasteiger charge is -2.21. The van der Waals surface area contributed by atoms with Crippen molar-refractivity contribution in [2.75, 3.05) is 18.9 Å². The molecule has 1 saturated carbocycles. The second-order valence-corrected chi connectivity index (χ2v) is 7.94. The van der Waals surface area contributed by atoms with Crippen molar-refractivity contribution in [3.05, 3.63) is 11.6 Å². The SMILES string of the molecule is CCOP(=O)(CC)C/C(=C/C1CCCCC1)C(=O)O. The number of hydrogen-bond acceptors (Lipinski definition) is 3. The molecule has 0 aromatic carbocycles. The lowest BCUT2D eigenvalue weighted by atomic mass is 9.88. The number of rotatable bonds is 7. The minimum Gasteiger partial charge on any atom is -0.478 e. The Hall–Kier alpha value is -0.600. The molecule has 0 bridgehead atoms. The van der Waals surface area contributed by atoms with E-state index in [1.54, 1.807) is 13.8 Å². The maximum Gasteiger partial charge on any atom is 0.331 e. The molecule has 1 rings (SSSR count). The molecular weight excluding hydrogens is 263 g/mol. The molecule has 0 spiro atoms. The van der Waals surface area contributed by atoms with Gasteiger partial charge in [-0.3, -0.25) is 4.57 Å². The zero-order chi connectivity index (χ0) is 14.3. The van der Waals surface area contributed by atoms with E-state index in [0.717, 1.165) is 25.7 Å². The molecular formula is C14H25O4P. The molecule has 110 valence electrons. The predicted molar refractivity (Wildman–Crippen MR) is 76.9 cm³/mol. The van der Waals surface area contributed by atoms with Crippen molar-refractivity contribution in [1.82, 2.24) is 0 Å². The van der Waals surface area contributed by atoms with Crippen molar-refractivity contribution in [2.45, 2.75) is 46.0 Å². The van der Waals surface area contributed by atoms with Gasteiger partial charge < -0.3 is 9.63 Å². The Kier molecular flexibility index (Phi) is 6.81. The van der Waals surface area contributed by atoms with Gasteiger partial charge in [0.2, 0.25) is 7.37 Å². The van der Waals surface area contributed by atoms with Gasteiger partial charge in [0.25, 0.3) is 0 Å². The van der Waals surface area contributed by atoms with Crippen LogP contribution in [0.25, 0.3) is 0 Å². The van der Waals surface area contributed by atoms with E-state index >= 15 is 0 Å². The summed E-state index contributed by atoms with van der Waals surface area (Å²) in [4.78, 5) is 11.3. The fourth-order valence-corrected chi connectivity index (χ4v) is 4.25. The van der Waals surface area contributed by atoms with Gasteiger partial charge in [-0.1, -0.05) is 32.3 Å². The van der Waals surface area contributed by atoms with Crippen molar-refractivity contribution in [1.29, 1.82) is 0 Å². The topological polar surface area (TPSA) is 63.6 Å². The first-order valence-electron chi connectivity index (χ1n) is 7.17. The third-order valence-electron chi connectivity index (χ3n) is 3.62. The second kappa shape index (κ2) is 7.86. The lowest BCUT2D eigenvalue weighted by molar-refractivity contribution is -0.132.